The number of hydrogen-bond acceptors (Lipinski definition) is 3. The van der Waals surface area contributed by atoms with Gasteiger partial charge in [-0.25, -0.2) is 4.98 Å². The maximum Gasteiger partial charge on any atom is 0.146 e. The minimum absolute atomic E-state index is 0.933. The third kappa shape index (κ3) is 1.63. The van der Waals surface area contributed by atoms with Gasteiger partial charge in [0.1, 0.15) is 5.65 Å². The predicted octanol–water partition coefficient (Wildman–Crippen LogP) is 5.16. The molecule has 4 aromatic heterocycles. The summed E-state index contributed by atoms with van der Waals surface area (Å²) in [6, 6.07) is 19.3. The van der Waals surface area contributed by atoms with E-state index in [0.717, 1.165) is 44.9 Å². The van der Waals surface area contributed by atoms with Gasteiger partial charge in [0, 0.05) is 35.8 Å². The molecule has 4 heteroatoms. The molecule has 4 nitrogen and oxygen atoms in total. The highest BCUT2D eigenvalue weighted by atomic mass is 15.0. The molecule has 0 atom stereocenters. The van der Waals surface area contributed by atoms with Crippen molar-refractivity contribution < 1.29 is 0 Å². The van der Waals surface area contributed by atoms with E-state index in [4.69, 9.17) is 4.98 Å². The number of benzene rings is 2. The lowest BCUT2D eigenvalue weighted by atomic mass is 10.1. The molecule has 7 rings (SSSR count). The van der Waals surface area contributed by atoms with Crippen molar-refractivity contribution in [2.45, 2.75) is 6.42 Å². The maximum atomic E-state index is 5.16. The highest BCUT2D eigenvalue weighted by Gasteiger charge is 2.23. The summed E-state index contributed by atoms with van der Waals surface area (Å²) in [5, 5.41) is 2.13. The number of rotatable bonds is 0. The molecule has 0 radical (unpaired) electrons. The fraction of sp³-hybridized carbons (Fsp3) is 0.0417. The van der Waals surface area contributed by atoms with Crippen molar-refractivity contribution in [3.63, 3.8) is 0 Å². The zero-order valence-electron chi connectivity index (χ0n) is 14.9. The van der Waals surface area contributed by atoms with Crippen LogP contribution in [-0.4, -0.2) is 19.4 Å². The standard InChI is InChI=1S/C24H14N4/c1-2-5-15-14(4-1)12-18-16(15)7-8-21-23(18)27-24-17-9-11-25-13-19(17)22-20(28(21)24)6-3-10-26-22/h1-11,13H,12H2. The Labute approximate surface area is 160 Å². The van der Waals surface area contributed by atoms with Gasteiger partial charge in [-0.1, -0.05) is 30.3 Å². The summed E-state index contributed by atoms with van der Waals surface area (Å²) in [6.07, 6.45) is 6.50. The molecule has 1 aliphatic rings. The molecule has 1 aliphatic carbocycles. The van der Waals surface area contributed by atoms with E-state index in [9.17, 15) is 0 Å². The molecule has 0 N–H and O–H groups in total. The Morgan fingerprint density at radius 2 is 1.68 bits per heavy atom. The summed E-state index contributed by atoms with van der Waals surface area (Å²) in [7, 11) is 0. The molecule has 0 unspecified atom stereocenters. The Balaban J connectivity index is 1.72. The van der Waals surface area contributed by atoms with Gasteiger partial charge in [0.25, 0.3) is 0 Å². The fourth-order valence-electron chi connectivity index (χ4n) is 4.75. The number of pyridine rings is 3. The van der Waals surface area contributed by atoms with Crippen molar-refractivity contribution in [1.29, 1.82) is 0 Å². The molecular formula is C24H14N4. The lowest BCUT2D eigenvalue weighted by Crippen LogP contribution is -1.93. The maximum absolute atomic E-state index is 5.16. The van der Waals surface area contributed by atoms with Crippen LogP contribution in [0.4, 0.5) is 0 Å². The number of aromatic nitrogens is 4. The third-order valence-corrected chi connectivity index (χ3v) is 5.95. The SMILES string of the molecule is c1ccc2c(c1)Cc1c-2ccc2c1nc1c3ccncc3c3ncccc3n21. The van der Waals surface area contributed by atoms with Crippen molar-refractivity contribution >= 4 is 38.5 Å². The topological polar surface area (TPSA) is 43.1 Å². The molecule has 0 aliphatic heterocycles. The van der Waals surface area contributed by atoms with Crippen molar-refractivity contribution in [3.05, 3.63) is 84.3 Å². The van der Waals surface area contributed by atoms with Crippen LogP contribution < -0.4 is 0 Å². The van der Waals surface area contributed by atoms with E-state index in [2.05, 4.69) is 56.8 Å². The Kier molecular flexibility index (Phi) is 2.51. The fourth-order valence-corrected chi connectivity index (χ4v) is 4.75. The van der Waals surface area contributed by atoms with Gasteiger partial charge >= 0.3 is 0 Å². The number of hydrogen-bond donors (Lipinski definition) is 0. The number of imidazole rings is 1. The van der Waals surface area contributed by atoms with Crippen LogP contribution in [0, 0.1) is 0 Å². The first-order valence-electron chi connectivity index (χ1n) is 9.43. The van der Waals surface area contributed by atoms with Crippen molar-refractivity contribution in [2.75, 3.05) is 0 Å². The van der Waals surface area contributed by atoms with Crippen LogP contribution in [0.15, 0.2) is 73.2 Å². The highest BCUT2D eigenvalue weighted by molar-refractivity contribution is 6.12. The summed E-state index contributed by atoms with van der Waals surface area (Å²) in [5.74, 6) is 0. The highest BCUT2D eigenvalue weighted by Crippen LogP contribution is 2.41. The minimum Gasteiger partial charge on any atom is -0.290 e. The Morgan fingerprint density at radius 3 is 2.68 bits per heavy atom. The van der Waals surface area contributed by atoms with Crippen LogP contribution in [0.5, 0.6) is 0 Å². The van der Waals surface area contributed by atoms with E-state index in [0.29, 0.717) is 0 Å². The van der Waals surface area contributed by atoms with E-state index < -0.39 is 0 Å². The molecule has 0 spiro atoms. The summed E-state index contributed by atoms with van der Waals surface area (Å²) >= 11 is 0. The van der Waals surface area contributed by atoms with Gasteiger partial charge in [-0.05, 0) is 46.5 Å². The predicted molar refractivity (Wildman–Crippen MR) is 112 cm³/mol. The molecule has 0 saturated carbocycles. The van der Waals surface area contributed by atoms with E-state index in [1.165, 1.54) is 22.3 Å². The van der Waals surface area contributed by atoms with Crippen molar-refractivity contribution in [3.8, 4) is 11.1 Å². The Morgan fingerprint density at radius 1 is 0.750 bits per heavy atom. The van der Waals surface area contributed by atoms with Crippen LogP contribution in [0.2, 0.25) is 0 Å². The molecule has 6 aromatic rings. The first kappa shape index (κ1) is 14.3. The van der Waals surface area contributed by atoms with E-state index in [1.807, 2.05) is 30.7 Å². The molecule has 0 saturated heterocycles. The van der Waals surface area contributed by atoms with Gasteiger partial charge in [-0.15, -0.1) is 0 Å². The monoisotopic (exact) mass is 358 g/mol. The molecule has 0 fully saturated rings. The number of nitrogens with zero attached hydrogens (tertiary/aromatic N) is 4. The number of fused-ring (bicyclic) bond motifs is 12. The van der Waals surface area contributed by atoms with E-state index in [1.54, 1.807) is 0 Å². The summed E-state index contributed by atoms with van der Waals surface area (Å²) in [6.45, 7) is 0. The van der Waals surface area contributed by atoms with Crippen LogP contribution in [0.3, 0.4) is 0 Å². The minimum atomic E-state index is 0.933. The lowest BCUT2D eigenvalue weighted by molar-refractivity contribution is 1.27. The van der Waals surface area contributed by atoms with Gasteiger partial charge < -0.3 is 0 Å². The first-order chi connectivity index (χ1) is 13.9. The van der Waals surface area contributed by atoms with Gasteiger partial charge in [-0.3, -0.25) is 14.4 Å². The molecule has 0 amide bonds. The average molecular weight is 358 g/mol. The summed E-state index contributed by atoms with van der Waals surface area (Å²) in [5.41, 5.74) is 10.6. The van der Waals surface area contributed by atoms with E-state index >= 15 is 0 Å². The molecule has 130 valence electrons. The molecule has 4 heterocycles. The zero-order chi connectivity index (χ0) is 18.2. The van der Waals surface area contributed by atoms with Gasteiger partial charge in [0.2, 0.25) is 0 Å². The van der Waals surface area contributed by atoms with Crippen LogP contribution in [0.1, 0.15) is 11.1 Å². The second kappa shape index (κ2) is 4.93. The molecule has 0 bridgehead atoms. The van der Waals surface area contributed by atoms with Crippen molar-refractivity contribution in [1.82, 2.24) is 19.4 Å². The van der Waals surface area contributed by atoms with E-state index in [-0.39, 0.29) is 0 Å². The van der Waals surface area contributed by atoms with Crippen LogP contribution >= 0.6 is 0 Å². The van der Waals surface area contributed by atoms with Gasteiger partial charge in [0.05, 0.1) is 22.1 Å². The van der Waals surface area contributed by atoms with Crippen molar-refractivity contribution in [2.24, 2.45) is 0 Å². The third-order valence-electron chi connectivity index (χ3n) is 5.95. The lowest BCUT2D eigenvalue weighted by Gasteiger charge is -2.07. The second-order valence-corrected chi connectivity index (χ2v) is 7.36. The average Bonchev–Trinajstić information content (AvgIpc) is 3.33. The summed E-state index contributed by atoms with van der Waals surface area (Å²) < 4.78 is 2.25. The Hall–Kier alpha value is -3.79. The molecule has 2 aromatic carbocycles. The zero-order valence-corrected chi connectivity index (χ0v) is 14.9. The molecule has 28 heavy (non-hydrogen) atoms. The van der Waals surface area contributed by atoms with Gasteiger partial charge in [-0.2, -0.15) is 0 Å². The quantitative estimate of drug-likeness (QED) is 0.352. The molecular weight excluding hydrogens is 344 g/mol. The van der Waals surface area contributed by atoms with Crippen LogP contribution in [0.25, 0.3) is 49.6 Å². The largest absolute Gasteiger partial charge is 0.290 e. The first-order valence-corrected chi connectivity index (χ1v) is 9.43. The van der Waals surface area contributed by atoms with Crippen LogP contribution in [-0.2, 0) is 6.42 Å². The smallest absolute Gasteiger partial charge is 0.146 e. The Bertz CT molecular complexity index is 1590. The normalized spacial score (nSPS) is 12.9. The summed E-state index contributed by atoms with van der Waals surface area (Å²) in [4.78, 5) is 14.1. The van der Waals surface area contributed by atoms with Gasteiger partial charge in [0.15, 0.2) is 0 Å². The second-order valence-electron chi connectivity index (χ2n) is 7.36.